The van der Waals surface area contributed by atoms with Gasteiger partial charge < -0.3 is 10.6 Å². The highest BCUT2D eigenvalue weighted by Gasteiger charge is 2.23. The van der Waals surface area contributed by atoms with E-state index in [4.69, 9.17) is 0 Å². The highest BCUT2D eigenvalue weighted by molar-refractivity contribution is 7.18. The molecule has 2 aromatic heterocycles. The lowest BCUT2D eigenvalue weighted by molar-refractivity contribution is -0.123. The maximum atomic E-state index is 11.8. The lowest BCUT2D eigenvalue weighted by Crippen LogP contribution is -2.44. The summed E-state index contributed by atoms with van der Waals surface area (Å²) in [7, 11) is 0. The van der Waals surface area contributed by atoms with Crippen molar-refractivity contribution < 1.29 is 4.79 Å². The van der Waals surface area contributed by atoms with Gasteiger partial charge >= 0.3 is 0 Å². The summed E-state index contributed by atoms with van der Waals surface area (Å²) < 4.78 is 0. The molecule has 0 unspecified atom stereocenters. The molecule has 1 aliphatic heterocycles. The minimum atomic E-state index is -0.183. The largest absolute Gasteiger partial charge is 0.358 e. The number of nitrogens with one attached hydrogen (secondary N) is 2. The maximum Gasteiger partial charge on any atom is 0.242 e. The molecular weight excluding hydrogens is 260 g/mol. The number of nitrogens with zero attached hydrogens (tertiary/aromatic N) is 2. The second kappa shape index (κ2) is 5.13. The monoisotopic (exact) mass is 276 g/mol. The summed E-state index contributed by atoms with van der Waals surface area (Å²) in [6, 6.07) is 1.93. The fourth-order valence-electron chi connectivity index (χ4n) is 2.27. The number of rotatable bonds is 3. The molecule has 100 valence electrons. The van der Waals surface area contributed by atoms with E-state index in [9.17, 15) is 4.79 Å². The van der Waals surface area contributed by atoms with E-state index in [1.807, 2.05) is 0 Å². The summed E-state index contributed by atoms with van der Waals surface area (Å²) in [4.78, 5) is 22.6. The summed E-state index contributed by atoms with van der Waals surface area (Å²) in [5, 5.41) is 7.15. The van der Waals surface area contributed by atoms with Crippen LogP contribution in [0.4, 0.5) is 5.82 Å². The number of anilines is 1. The number of amides is 1. The minimum absolute atomic E-state index is 0.0592. The first-order valence-electron chi connectivity index (χ1n) is 6.55. The van der Waals surface area contributed by atoms with Crippen molar-refractivity contribution in [2.75, 3.05) is 11.9 Å². The van der Waals surface area contributed by atoms with E-state index < -0.39 is 0 Å². The molecule has 1 fully saturated rings. The first-order chi connectivity index (χ1) is 9.28. The average Bonchev–Trinajstić information content (AvgIpc) is 2.85. The normalized spacial score (nSPS) is 19.4. The Bertz CT molecular complexity index is 610. The quantitative estimate of drug-likeness (QED) is 0.899. The summed E-state index contributed by atoms with van der Waals surface area (Å²) in [6.07, 6.45) is 4.40. The molecule has 0 radical (unpaired) electrons. The molecule has 0 bridgehead atoms. The molecule has 3 heterocycles. The lowest BCUT2D eigenvalue weighted by Gasteiger charge is -2.23. The Morgan fingerprint density at radius 2 is 2.42 bits per heavy atom. The third-order valence-corrected chi connectivity index (χ3v) is 4.51. The Balaban J connectivity index is 1.91. The van der Waals surface area contributed by atoms with Crippen molar-refractivity contribution in [1.29, 1.82) is 0 Å². The third-order valence-electron chi connectivity index (χ3n) is 3.33. The van der Waals surface area contributed by atoms with Gasteiger partial charge in [-0.25, -0.2) is 9.97 Å². The number of aryl methyl sites for hydroxylation is 1. The Morgan fingerprint density at radius 3 is 3.21 bits per heavy atom. The first kappa shape index (κ1) is 12.3. The molecule has 6 heteroatoms. The van der Waals surface area contributed by atoms with Crippen molar-refractivity contribution in [1.82, 2.24) is 15.3 Å². The van der Waals surface area contributed by atoms with Crippen molar-refractivity contribution >= 4 is 33.3 Å². The zero-order valence-electron chi connectivity index (χ0n) is 10.8. The summed E-state index contributed by atoms with van der Waals surface area (Å²) in [6.45, 7) is 2.90. The second-order valence-electron chi connectivity index (χ2n) is 4.64. The molecule has 1 aliphatic rings. The zero-order valence-corrected chi connectivity index (χ0v) is 11.6. The molecule has 2 aromatic rings. The maximum absolute atomic E-state index is 11.8. The van der Waals surface area contributed by atoms with Crippen molar-refractivity contribution in [3.8, 4) is 0 Å². The Kier molecular flexibility index (Phi) is 3.33. The van der Waals surface area contributed by atoms with Crippen LogP contribution < -0.4 is 10.6 Å². The van der Waals surface area contributed by atoms with Gasteiger partial charge in [0.15, 0.2) is 0 Å². The van der Waals surface area contributed by atoms with E-state index in [0.29, 0.717) is 0 Å². The van der Waals surface area contributed by atoms with Crippen LogP contribution in [-0.4, -0.2) is 28.5 Å². The predicted octanol–water partition coefficient (Wildman–Crippen LogP) is 1.94. The van der Waals surface area contributed by atoms with E-state index in [0.717, 1.165) is 41.8 Å². The molecule has 0 aromatic carbocycles. The van der Waals surface area contributed by atoms with Crippen LogP contribution in [0.25, 0.3) is 10.2 Å². The molecule has 1 atom stereocenters. The van der Waals surface area contributed by atoms with Gasteiger partial charge in [-0.15, -0.1) is 11.3 Å². The van der Waals surface area contributed by atoms with Gasteiger partial charge in [-0.3, -0.25) is 4.79 Å². The van der Waals surface area contributed by atoms with Gasteiger partial charge in [0.1, 0.15) is 23.0 Å². The van der Waals surface area contributed by atoms with E-state index >= 15 is 0 Å². The Labute approximate surface area is 115 Å². The number of aromatic nitrogens is 2. The molecular formula is C13H16N4OS. The van der Waals surface area contributed by atoms with Gasteiger partial charge in [-0.05, 0) is 25.3 Å². The van der Waals surface area contributed by atoms with Crippen molar-refractivity contribution in [2.45, 2.75) is 32.2 Å². The fourth-order valence-corrected chi connectivity index (χ4v) is 3.20. The number of piperidine rings is 1. The van der Waals surface area contributed by atoms with Crippen LogP contribution in [0.3, 0.4) is 0 Å². The summed E-state index contributed by atoms with van der Waals surface area (Å²) in [5.41, 5.74) is 0. The van der Waals surface area contributed by atoms with E-state index in [1.54, 1.807) is 17.7 Å². The second-order valence-corrected chi connectivity index (χ2v) is 5.75. The van der Waals surface area contributed by atoms with Gasteiger partial charge in [-0.1, -0.05) is 6.92 Å². The SMILES string of the molecule is CCc1cc2c(N[C@H]3CCCNC3=O)ncnc2s1. The number of fused-ring (bicyclic) bond motifs is 1. The van der Waals surface area contributed by atoms with Crippen LogP contribution in [0, 0.1) is 0 Å². The van der Waals surface area contributed by atoms with Crippen molar-refractivity contribution in [3.05, 3.63) is 17.3 Å². The number of carbonyl (C=O) groups is 1. The van der Waals surface area contributed by atoms with Crippen LogP contribution in [0.5, 0.6) is 0 Å². The molecule has 19 heavy (non-hydrogen) atoms. The molecule has 5 nitrogen and oxygen atoms in total. The van der Waals surface area contributed by atoms with Gasteiger partial charge in [0.2, 0.25) is 5.91 Å². The number of thiophene rings is 1. The zero-order chi connectivity index (χ0) is 13.2. The molecule has 0 spiro atoms. The molecule has 3 rings (SSSR count). The number of hydrogen-bond donors (Lipinski definition) is 2. The standard InChI is InChI=1S/C13H16N4OS/c1-2-8-6-9-11(15-7-16-13(9)19-8)17-10-4-3-5-14-12(10)18/h6-7,10H,2-5H2,1H3,(H,14,18)(H,15,16,17)/t10-/m0/s1. The number of hydrogen-bond acceptors (Lipinski definition) is 5. The lowest BCUT2D eigenvalue weighted by atomic mass is 10.1. The van der Waals surface area contributed by atoms with E-state index in [2.05, 4.69) is 33.6 Å². The van der Waals surface area contributed by atoms with E-state index in [1.165, 1.54) is 4.88 Å². The van der Waals surface area contributed by atoms with Gasteiger partial charge in [0.25, 0.3) is 0 Å². The van der Waals surface area contributed by atoms with Crippen LogP contribution >= 0.6 is 11.3 Å². The summed E-state index contributed by atoms with van der Waals surface area (Å²) in [5.74, 6) is 0.826. The van der Waals surface area contributed by atoms with Crippen LogP contribution in [0.2, 0.25) is 0 Å². The Morgan fingerprint density at radius 1 is 1.53 bits per heavy atom. The van der Waals surface area contributed by atoms with Crippen LogP contribution in [0.15, 0.2) is 12.4 Å². The molecule has 0 saturated carbocycles. The summed E-state index contributed by atoms with van der Waals surface area (Å²) >= 11 is 1.68. The van der Waals surface area contributed by atoms with Gasteiger partial charge in [0.05, 0.1) is 5.39 Å². The smallest absolute Gasteiger partial charge is 0.242 e. The Hall–Kier alpha value is -1.69. The van der Waals surface area contributed by atoms with Gasteiger partial charge in [-0.2, -0.15) is 0 Å². The highest BCUT2D eigenvalue weighted by Crippen LogP contribution is 2.29. The van der Waals surface area contributed by atoms with Crippen molar-refractivity contribution in [2.24, 2.45) is 0 Å². The number of carbonyl (C=O) groups excluding carboxylic acids is 1. The molecule has 2 N–H and O–H groups in total. The minimum Gasteiger partial charge on any atom is -0.358 e. The van der Waals surface area contributed by atoms with Crippen LogP contribution in [-0.2, 0) is 11.2 Å². The molecule has 1 saturated heterocycles. The molecule has 0 aliphatic carbocycles. The van der Waals surface area contributed by atoms with Crippen molar-refractivity contribution in [3.63, 3.8) is 0 Å². The highest BCUT2D eigenvalue weighted by atomic mass is 32.1. The predicted molar refractivity (Wildman–Crippen MR) is 76.4 cm³/mol. The molecule has 1 amide bonds. The van der Waals surface area contributed by atoms with Gasteiger partial charge in [0, 0.05) is 11.4 Å². The first-order valence-corrected chi connectivity index (χ1v) is 7.37. The van der Waals surface area contributed by atoms with Crippen LogP contribution in [0.1, 0.15) is 24.6 Å². The average molecular weight is 276 g/mol. The van der Waals surface area contributed by atoms with E-state index in [-0.39, 0.29) is 11.9 Å². The topological polar surface area (TPSA) is 66.9 Å². The third kappa shape index (κ3) is 2.40. The fraction of sp³-hybridized carbons (Fsp3) is 0.462.